The van der Waals surface area contributed by atoms with Crippen molar-refractivity contribution in [2.24, 2.45) is 0 Å². The van der Waals surface area contributed by atoms with Crippen molar-refractivity contribution in [2.75, 3.05) is 0 Å². The molecule has 0 saturated carbocycles. The number of nitrogens with zero attached hydrogens (tertiary/aromatic N) is 1. The first kappa shape index (κ1) is 9.44. The number of rotatable bonds is 0. The number of pyridine rings is 1. The summed E-state index contributed by atoms with van der Waals surface area (Å²) in [5.74, 6) is 0. The van der Waals surface area contributed by atoms with Gasteiger partial charge in [-0.1, -0.05) is 25.4 Å². The summed E-state index contributed by atoms with van der Waals surface area (Å²) in [6, 6.07) is 1.87. The zero-order chi connectivity index (χ0) is 7.98. The fourth-order valence-electron chi connectivity index (χ4n) is 0.518. The van der Waals surface area contributed by atoms with Gasteiger partial charge in [0.2, 0.25) is 0 Å². The molecule has 10 heavy (non-hydrogen) atoms. The Kier molecular flexibility index (Phi) is 4.95. The molecular formula is C8H12ClN. The van der Waals surface area contributed by atoms with E-state index in [0.29, 0.717) is 5.02 Å². The predicted molar refractivity (Wildman–Crippen MR) is 45.3 cm³/mol. The van der Waals surface area contributed by atoms with E-state index in [4.69, 9.17) is 11.6 Å². The van der Waals surface area contributed by atoms with Crippen molar-refractivity contribution in [1.82, 2.24) is 4.98 Å². The highest BCUT2D eigenvalue weighted by molar-refractivity contribution is 6.30. The summed E-state index contributed by atoms with van der Waals surface area (Å²) in [7, 11) is 0. The average molecular weight is 158 g/mol. The second-order valence-corrected chi connectivity index (χ2v) is 2.12. The third kappa shape index (κ3) is 3.46. The van der Waals surface area contributed by atoms with Gasteiger partial charge in [0.1, 0.15) is 0 Å². The van der Waals surface area contributed by atoms with Crippen molar-refractivity contribution >= 4 is 11.6 Å². The monoisotopic (exact) mass is 157 g/mol. The molecule has 0 saturated heterocycles. The SMILES string of the molecule is CC.Cc1cncc(Cl)c1. The van der Waals surface area contributed by atoms with Gasteiger partial charge in [0.15, 0.2) is 0 Å². The molecule has 1 aromatic heterocycles. The van der Waals surface area contributed by atoms with Crippen LogP contribution in [-0.2, 0) is 0 Å². The second kappa shape index (κ2) is 5.24. The van der Waals surface area contributed by atoms with Crippen LogP contribution in [-0.4, -0.2) is 4.98 Å². The van der Waals surface area contributed by atoms with Crippen LogP contribution in [0, 0.1) is 6.92 Å². The summed E-state index contributed by atoms with van der Waals surface area (Å²) >= 11 is 5.58. The average Bonchev–Trinajstić information content (AvgIpc) is 1.91. The molecule has 0 radical (unpaired) electrons. The molecule has 1 rings (SSSR count). The Morgan fingerprint density at radius 2 is 1.90 bits per heavy atom. The summed E-state index contributed by atoms with van der Waals surface area (Å²) in [6.07, 6.45) is 3.39. The Labute approximate surface area is 67.1 Å². The first-order chi connectivity index (χ1) is 4.79. The molecule has 0 aliphatic carbocycles. The minimum absolute atomic E-state index is 0.699. The maximum Gasteiger partial charge on any atom is 0.0591 e. The standard InChI is InChI=1S/C6H6ClN.C2H6/c1-5-2-6(7)4-8-3-5;1-2/h2-4H,1H3;1-2H3. The minimum Gasteiger partial charge on any atom is -0.263 e. The number of halogens is 1. The number of hydrogen-bond donors (Lipinski definition) is 0. The Balaban J connectivity index is 0.000000371. The van der Waals surface area contributed by atoms with Crippen LogP contribution in [0.5, 0.6) is 0 Å². The molecule has 0 N–H and O–H groups in total. The van der Waals surface area contributed by atoms with Crippen LogP contribution < -0.4 is 0 Å². The van der Waals surface area contributed by atoms with E-state index in [2.05, 4.69) is 4.98 Å². The molecule has 0 aliphatic heterocycles. The summed E-state index contributed by atoms with van der Waals surface area (Å²) in [4.78, 5) is 3.85. The second-order valence-electron chi connectivity index (χ2n) is 1.68. The lowest BCUT2D eigenvalue weighted by Crippen LogP contribution is -1.73. The van der Waals surface area contributed by atoms with Crippen molar-refractivity contribution in [3.05, 3.63) is 29.0 Å². The lowest BCUT2D eigenvalue weighted by molar-refractivity contribution is 1.27. The third-order valence-electron chi connectivity index (χ3n) is 0.842. The first-order valence-corrected chi connectivity index (χ1v) is 3.74. The molecule has 1 nitrogen and oxygen atoms in total. The van der Waals surface area contributed by atoms with Crippen LogP contribution >= 0.6 is 11.6 Å². The highest BCUT2D eigenvalue weighted by Gasteiger charge is 1.84. The quantitative estimate of drug-likeness (QED) is 0.564. The zero-order valence-corrected chi connectivity index (χ0v) is 7.31. The number of hydrogen-bond acceptors (Lipinski definition) is 1. The maximum absolute atomic E-state index is 5.58. The molecule has 0 spiro atoms. The van der Waals surface area contributed by atoms with Gasteiger partial charge >= 0.3 is 0 Å². The highest BCUT2D eigenvalue weighted by Crippen LogP contribution is 2.05. The van der Waals surface area contributed by atoms with Gasteiger partial charge in [-0.3, -0.25) is 4.98 Å². The molecule has 1 aromatic rings. The molecule has 0 atom stereocenters. The summed E-state index contributed by atoms with van der Waals surface area (Å²) in [6.45, 7) is 5.96. The molecule has 0 unspecified atom stereocenters. The smallest absolute Gasteiger partial charge is 0.0591 e. The fraction of sp³-hybridized carbons (Fsp3) is 0.375. The van der Waals surface area contributed by atoms with Crippen molar-refractivity contribution in [2.45, 2.75) is 20.8 Å². The van der Waals surface area contributed by atoms with E-state index in [1.165, 1.54) is 0 Å². The third-order valence-corrected chi connectivity index (χ3v) is 1.05. The van der Waals surface area contributed by atoms with Crippen LogP contribution in [0.2, 0.25) is 5.02 Å². The van der Waals surface area contributed by atoms with E-state index in [9.17, 15) is 0 Å². The van der Waals surface area contributed by atoms with Crippen molar-refractivity contribution in [1.29, 1.82) is 0 Å². The van der Waals surface area contributed by atoms with Crippen LogP contribution in [0.4, 0.5) is 0 Å². The van der Waals surface area contributed by atoms with Crippen LogP contribution in [0.3, 0.4) is 0 Å². The molecule has 2 heteroatoms. The van der Waals surface area contributed by atoms with Crippen LogP contribution in [0.15, 0.2) is 18.5 Å². The molecule has 0 amide bonds. The fourth-order valence-corrected chi connectivity index (χ4v) is 0.747. The van der Waals surface area contributed by atoms with E-state index >= 15 is 0 Å². The van der Waals surface area contributed by atoms with Gasteiger partial charge in [-0.05, 0) is 18.6 Å². The zero-order valence-electron chi connectivity index (χ0n) is 6.56. The molecule has 56 valence electrons. The Hall–Kier alpha value is -0.560. The Bertz CT molecular complexity index is 169. The van der Waals surface area contributed by atoms with E-state index in [0.717, 1.165) is 5.56 Å². The van der Waals surface area contributed by atoms with E-state index in [1.54, 1.807) is 12.4 Å². The molecule has 0 aliphatic rings. The summed E-state index contributed by atoms with van der Waals surface area (Å²) in [5.41, 5.74) is 1.09. The lowest BCUT2D eigenvalue weighted by Gasteiger charge is -1.88. The molecule has 0 aromatic carbocycles. The molecule has 0 fully saturated rings. The van der Waals surface area contributed by atoms with Gasteiger partial charge in [-0.2, -0.15) is 0 Å². The maximum atomic E-state index is 5.58. The van der Waals surface area contributed by atoms with Gasteiger partial charge in [0, 0.05) is 12.4 Å². The van der Waals surface area contributed by atoms with Gasteiger partial charge < -0.3 is 0 Å². The van der Waals surface area contributed by atoms with Crippen molar-refractivity contribution in [3.63, 3.8) is 0 Å². The van der Waals surface area contributed by atoms with E-state index in [1.807, 2.05) is 26.8 Å². The highest BCUT2D eigenvalue weighted by atomic mass is 35.5. The van der Waals surface area contributed by atoms with Crippen LogP contribution in [0.25, 0.3) is 0 Å². The number of aromatic nitrogens is 1. The molecular weight excluding hydrogens is 146 g/mol. The van der Waals surface area contributed by atoms with E-state index in [-0.39, 0.29) is 0 Å². The normalized spacial score (nSPS) is 8.00. The summed E-state index contributed by atoms with van der Waals surface area (Å²) < 4.78 is 0. The van der Waals surface area contributed by atoms with Gasteiger partial charge in [-0.15, -0.1) is 0 Å². The van der Waals surface area contributed by atoms with Crippen molar-refractivity contribution < 1.29 is 0 Å². The van der Waals surface area contributed by atoms with Crippen LogP contribution in [0.1, 0.15) is 19.4 Å². The lowest BCUT2D eigenvalue weighted by atomic mass is 10.3. The first-order valence-electron chi connectivity index (χ1n) is 3.36. The Morgan fingerprint density at radius 3 is 2.20 bits per heavy atom. The topological polar surface area (TPSA) is 12.9 Å². The molecule has 1 heterocycles. The molecule has 0 bridgehead atoms. The predicted octanol–water partition coefficient (Wildman–Crippen LogP) is 3.07. The van der Waals surface area contributed by atoms with Gasteiger partial charge in [0.25, 0.3) is 0 Å². The van der Waals surface area contributed by atoms with Gasteiger partial charge in [-0.25, -0.2) is 0 Å². The number of aryl methyl sites for hydroxylation is 1. The minimum atomic E-state index is 0.699. The van der Waals surface area contributed by atoms with Gasteiger partial charge in [0.05, 0.1) is 5.02 Å². The summed E-state index contributed by atoms with van der Waals surface area (Å²) in [5, 5.41) is 0.699. The van der Waals surface area contributed by atoms with E-state index < -0.39 is 0 Å². The largest absolute Gasteiger partial charge is 0.263 e. The Morgan fingerprint density at radius 1 is 1.30 bits per heavy atom. The van der Waals surface area contributed by atoms with Crippen molar-refractivity contribution in [3.8, 4) is 0 Å².